The molecule has 0 aromatic carbocycles. The summed E-state index contributed by atoms with van der Waals surface area (Å²) < 4.78 is 5.24. The number of aliphatic hydroxyl groups excluding tert-OH is 1. The Morgan fingerprint density at radius 1 is 1.42 bits per heavy atom. The van der Waals surface area contributed by atoms with Crippen LogP contribution in [0.2, 0.25) is 0 Å². The highest BCUT2D eigenvalue weighted by atomic mass is 32.2. The number of carbonyl (C=O) groups excluding carboxylic acids is 1. The van der Waals surface area contributed by atoms with Gasteiger partial charge in [0.15, 0.2) is 11.7 Å². The first kappa shape index (κ1) is 15.7. The van der Waals surface area contributed by atoms with Gasteiger partial charge in [0, 0.05) is 11.0 Å². The average molecular weight is 304 g/mol. The van der Waals surface area contributed by atoms with Gasteiger partial charge >= 0.3 is 0 Å². The van der Waals surface area contributed by atoms with Gasteiger partial charge in [-0.3, -0.25) is 4.79 Å². The largest absolute Gasteiger partial charge is 0.367 e. The summed E-state index contributed by atoms with van der Waals surface area (Å²) in [6, 6.07) is 0. The number of ether oxygens (including phenoxy) is 1. The Labute approximate surface area is 124 Å². The Morgan fingerprint density at radius 2 is 2.16 bits per heavy atom. The molecule has 3 nitrogen and oxygen atoms in total. The molecule has 1 saturated heterocycles. The lowest BCUT2D eigenvalue weighted by Gasteiger charge is -2.36. The van der Waals surface area contributed by atoms with E-state index in [0.717, 1.165) is 6.42 Å². The molecule has 0 aromatic heterocycles. The van der Waals surface area contributed by atoms with Crippen LogP contribution in [0.5, 0.6) is 0 Å². The second-order valence-electron chi connectivity index (χ2n) is 6.06. The molecule has 1 aliphatic heterocycles. The Hall–Kier alpha value is 0.290. The summed E-state index contributed by atoms with van der Waals surface area (Å²) >= 11 is 2.88. The molecule has 0 amide bonds. The number of rotatable bonds is 3. The molecule has 1 aliphatic carbocycles. The highest BCUT2D eigenvalue weighted by Gasteiger charge is 2.37. The number of aliphatic hydroxyl groups is 1. The van der Waals surface area contributed by atoms with E-state index in [-0.39, 0.29) is 5.12 Å². The van der Waals surface area contributed by atoms with Gasteiger partial charge in [0.2, 0.25) is 5.12 Å². The Balaban J connectivity index is 1.92. The SMILES string of the molecule is CC1CCC(C(C)C)C(SC(=O)C2OC(O)CS2)C1. The predicted octanol–water partition coefficient (Wildman–Crippen LogP) is 3.11. The van der Waals surface area contributed by atoms with Gasteiger partial charge in [-0.1, -0.05) is 39.0 Å². The lowest BCUT2D eigenvalue weighted by atomic mass is 9.77. The summed E-state index contributed by atoms with van der Waals surface area (Å²) in [6.07, 6.45) is 2.86. The van der Waals surface area contributed by atoms with Crippen molar-refractivity contribution in [1.82, 2.24) is 0 Å². The highest BCUT2D eigenvalue weighted by Crippen LogP contribution is 2.42. The van der Waals surface area contributed by atoms with Gasteiger partial charge in [0.25, 0.3) is 0 Å². The second kappa shape index (κ2) is 6.83. The predicted molar refractivity (Wildman–Crippen MR) is 81.1 cm³/mol. The number of carbonyl (C=O) groups is 1. The third-order valence-electron chi connectivity index (χ3n) is 4.09. The fraction of sp³-hybridized carbons (Fsp3) is 0.929. The van der Waals surface area contributed by atoms with Crippen LogP contribution in [0, 0.1) is 17.8 Å². The van der Waals surface area contributed by atoms with E-state index in [2.05, 4.69) is 20.8 Å². The molecule has 110 valence electrons. The standard InChI is InChI=1S/C14H24O3S2/c1-8(2)10-5-4-9(3)6-11(10)19-13(16)14-17-12(15)7-18-14/h8-12,14-15H,4-7H2,1-3H3. The maximum Gasteiger partial charge on any atom is 0.228 e. The Kier molecular flexibility index (Phi) is 5.64. The summed E-state index contributed by atoms with van der Waals surface area (Å²) in [5, 5.41) is 9.84. The van der Waals surface area contributed by atoms with Crippen LogP contribution in [0.15, 0.2) is 0 Å². The van der Waals surface area contributed by atoms with E-state index < -0.39 is 11.7 Å². The zero-order valence-corrected chi connectivity index (χ0v) is 13.5. The molecule has 0 radical (unpaired) electrons. The first-order valence-corrected chi connectivity index (χ1v) is 9.05. The minimum atomic E-state index is -0.772. The van der Waals surface area contributed by atoms with E-state index >= 15 is 0 Å². The van der Waals surface area contributed by atoms with E-state index in [1.54, 1.807) is 0 Å². The van der Waals surface area contributed by atoms with E-state index in [9.17, 15) is 9.90 Å². The molecule has 5 atom stereocenters. The van der Waals surface area contributed by atoms with Crippen LogP contribution in [0.1, 0.15) is 40.0 Å². The van der Waals surface area contributed by atoms with Crippen LogP contribution < -0.4 is 0 Å². The van der Waals surface area contributed by atoms with Gasteiger partial charge in [-0.2, -0.15) is 0 Å². The minimum Gasteiger partial charge on any atom is -0.367 e. The lowest BCUT2D eigenvalue weighted by molar-refractivity contribution is -0.128. The van der Waals surface area contributed by atoms with Crippen molar-refractivity contribution in [2.75, 3.05) is 5.75 Å². The quantitative estimate of drug-likeness (QED) is 0.868. The third-order valence-corrected chi connectivity index (χ3v) is 6.64. The van der Waals surface area contributed by atoms with Crippen LogP contribution in [0.3, 0.4) is 0 Å². The first-order chi connectivity index (χ1) is 8.97. The van der Waals surface area contributed by atoms with Crippen molar-refractivity contribution < 1.29 is 14.6 Å². The van der Waals surface area contributed by atoms with Gasteiger partial charge in [0.05, 0.1) is 0 Å². The molecule has 0 bridgehead atoms. The minimum absolute atomic E-state index is 0.0892. The van der Waals surface area contributed by atoms with Gasteiger partial charge in [0.1, 0.15) is 0 Å². The van der Waals surface area contributed by atoms with Crippen LogP contribution >= 0.6 is 23.5 Å². The molecule has 1 heterocycles. The highest BCUT2D eigenvalue weighted by molar-refractivity contribution is 8.16. The van der Waals surface area contributed by atoms with Crippen molar-refractivity contribution in [3.63, 3.8) is 0 Å². The molecule has 2 fully saturated rings. The number of hydrogen-bond donors (Lipinski definition) is 1. The van der Waals surface area contributed by atoms with Gasteiger partial charge in [-0.25, -0.2) is 0 Å². The zero-order chi connectivity index (χ0) is 14.0. The van der Waals surface area contributed by atoms with Gasteiger partial charge in [-0.15, -0.1) is 11.8 Å². The summed E-state index contributed by atoms with van der Waals surface area (Å²) in [7, 11) is 0. The molecule has 19 heavy (non-hydrogen) atoms. The summed E-state index contributed by atoms with van der Waals surface area (Å²) in [4.78, 5) is 12.2. The lowest BCUT2D eigenvalue weighted by Crippen LogP contribution is -2.32. The molecular weight excluding hydrogens is 280 g/mol. The molecule has 0 aromatic rings. The van der Waals surface area contributed by atoms with E-state index in [0.29, 0.717) is 28.8 Å². The first-order valence-electron chi connectivity index (χ1n) is 7.13. The Morgan fingerprint density at radius 3 is 2.74 bits per heavy atom. The van der Waals surface area contributed by atoms with Crippen molar-refractivity contribution in [3.05, 3.63) is 0 Å². The topological polar surface area (TPSA) is 46.5 Å². The smallest absolute Gasteiger partial charge is 0.228 e. The van der Waals surface area contributed by atoms with Crippen LogP contribution in [-0.4, -0.2) is 33.0 Å². The van der Waals surface area contributed by atoms with Crippen molar-refractivity contribution >= 4 is 28.6 Å². The van der Waals surface area contributed by atoms with Crippen molar-refractivity contribution in [1.29, 1.82) is 0 Å². The van der Waals surface area contributed by atoms with Gasteiger partial charge < -0.3 is 9.84 Å². The fourth-order valence-corrected chi connectivity index (χ4v) is 5.62. The average Bonchev–Trinajstić information content (AvgIpc) is 2.75. The molecule has 1 N–H and O–H groups in total. The molecular formula is C14H24O3S2. The molecule has 0 spiro atoms. The van der Waals surface area contributed by atoms with Crippen molar-refractivity contribution in [2.45, 2.75) is 57.0 Å². The molecule has 2 rings (SSSR count). The van der Waals surface area contributed by atoms with Crippen LogP contribution in [0.25, 0.3) is 0 Å². The monoisotopic (exact) mass is 304 g/mol. The number of thioether (sulfide) groups is 2. The summed E-state index contributed by atoms with van der Waals surface area (Å²) in [5.74, 6) is 2.47. The van der Waals surface area contributed by atoms with Crippen LogP contribution in [-0.2, 0) is 9.53 Å². The van der Waals surface area contributed by atoms with E-state index in [1.165, 1.54) is 36.4 Å². The van der Waals surface area contributed by atoms with Crippen molar-refractivity contribution in [3.8, 4) is 0 Å². The van der Waals surface area contributed by atoms with Crippen molar-refractivity contribution in [2.24, 2.45) is 17.8 Å². The summed E-state index contributed by atoms with van der Waals surface area (Å²) in [5.41, 5.74) is -0.468. The molecule has 2 aliphatic rings. The zero-order valence-electron chi connectivity index (χ0n) is 11.9. The summed E-state index contributed by atoms with van der Waals surface area (Å²) in [6.45, 7) is 6.78. The van der Waals surface area contributed by atoms with Crippen LogP contribution in [0.4, 0.5) is 0 Å². The maximum atomic E-state index is 12.2. The molecule has 1 saturated carbocycles. The molecule has 5 heteroatoms. The normalized spacial score (nSPS) is 39.7. The number of hydrogen-bond acceptors (Lipinski definition) is 5. The maximum absolute atomic E-state index is 12.2. The molecule has 5 unspecified atom stereocenters. The van der Waals surface area contributed by atoms with Gasteiger partial charge in [-0.05, 0) is 30.6 Å². The van der Waals surface area contributed by atoms with E-state index in [1.807, 2.05) is 0 Å². The van der Waals surface area contributed by atoms with E-state index in [4.69, 9.17) is 4.74 Å². The fourth-order valence-electron chi connectivity index (χ4n) is 2.97. The third kappa shape index (κ3) is 4.13. The Bertz CT molecular complexity index is 322. The second-order valence-corrected chi connectivity index (χ2v) is 8.40.